The zero-order chi connectivity index (χ0) is 26.0. The topological polar surface area (TPSA) is 102 Å². The number of nitrogens with one attached hydrogen (secondary N) is 1. The van der Waals surface area contributed by atoms with Crippen molar-refractivity contribution in [2.45, 2.75) is 57.0 Å². The Morgan fingerprint density at radius 2 is 1.89 bits per heavy atom. The molecule has 2 fully saturated rings. The van der Waals surface area contributed by atoms with Gasteiger partial charge in [0.1, 0.15) is 5.54 Å². The Morgan fingerprint density at radius 3 is 2.50 bits per heavy atom. The molecule has 3 heterocycles. The smallest absolute Gasteiger partial charge is 0.423 e. The Balaban J connectivity index is 1.47. The van der Waals surface area contributed by atoms with Crippen molar-refractivity contribution in [2.24, 2.45) is 5.92 Å². The summed E-state index contributed by atoms with van der Waals surface area (Å²) in [5, 5.41) is 17.0. The Bertz CT molecular complexity index is 1320. The maximum atomic E-state index is 13.6. The monoisotopic (exact) mass is 515 g/mol. The van der Waals surface area contributed by atoms with Gasteiger partial charge in [0.2, 0.25) is 11.8 Å². The number of nitrogens with zero attached hydrogens (tertiary/aromatic N) is 6. The summed E-state index contributed by atoms with van der Waals surface area (Å²) >= 11 is 0. The predicted octanol–water partition coefficient (Wildman–Crippen LogP) is 4.93. The molecule has 192 valence electrons. The van der Waals surface area contributed by atoms with E-state index in [1.807, 2.05) is 6.92 Å². The van der Waals surface area contributed by atoms with Crippen molar-refractivity contribution in [2.75, 3.05) is 5.32 Å². The van der Waals surface area contributed by atoms with Crippen molar-refractivity contribution in [3.8, 4) is 5.69 Å². The van der Waals surface area contributed by atoms with Gasteiger partial charge in [-0.2, -0.15) is 36.2 Å². The number of rotatable bonds is 3. The Kier molecular flexibility index (Phi) is 5.30. The molecule has 2 aromatic heterocycles. The quantitative estimate of drug-likeness (QED) is 0.497. The average molecular weight is 515 g/mol. The van der Waals surface area contributed by atoms with E-state index in [-0.39, 0.29) is 28.3 Å². The lowest BCUT2D eigenvalue weighted by Gasteiger charge is -2.61. The number of amides is 2. The van der Waals surface area contributed by atoms with E-state index in [1.165, 1.54) is 0 Å². The number of aryl methyl sites for hydroxylation is 1. The van der Waals surface area contributed by atoms with Gasteiger partial charge in [-0.3, -0.25) is 0 Å². The van der Waals surface area contributed by atoms with E-state index >= 15 is 0 Å². The molecule has 0 radical (unpaired) electrons. The zero-order valence-electron chi connectivity index (χ0n) is 18.9. The van der Waals surface area contributed by atoms with Crippen LogP contribution in [0.1, 0.15) is 49.2 Å². The number of alkyl halides is 6. The second-order valence-electron chi connectivity index (χ2n) is 9.11. The Labute approximate surface area is 199 Å². The normalized spacial score (nSPS) is 23.9. The molecule has 9 nitrogen and oxygen atoms in total. The molecule has 36 heavy (non-hydrogen) atoms. The molecule has 5 rings (SSSR count). The third-order valence-corrected chi connectivity index (χ3v) is 6.46. The van der Waals surface area contributed by atoms with Gasteiger partial charge in [0.15, 0.2) is 5.69 Å². The van der Waals surface area contributed by atoms with Gasteiger partial charge in [0, 0.05) is 25.1 Å². The molecule has 2 bridgehead atoms. The minimum atomic E-state index is -4.91. The number of benzene rings is 1. The minimum absolute atomic E-state index is 0.0799. The number of hydrogen-bond acceptors (Lipinski definition) is 6. The second kappa shape index (κ2) is 7.93. The van der Waals surface area contributed by atoms with Crippen molar-refractivity contribution in [1.82, 2.24) is 30.1 Å². The molecule has 1 saturated heterocycles. The lowest BCUT2D eigenvalue weighted by atomic mass is 9.64. The van der Waals surface area contributed by atoms with Gasteiger partial charge in [-0.05, 0) is 37.0 Å². The third kappa shape index (κ3) is 3.95. The number of likely N-dealkylation sites (tertiary alicyclic amines) is 1. The number of carbonyl (C=O) groups is 1. The average Bonchev–Trinajstić information content (AvgIpc) is 3.41. The summed E-state index contributed by atoms with van der Waals surface area (Å²) in [4.78, 5) is 15.1. The van der Waals surface area contributed by atoms with Gasteiger partial charge in [0.25, 0.3) is 0 Å². The van der Waals surface area contributed by atoms with E-state index in [2.05, 4.69) is 25.7 Å². The number of hydrogen-bond donors (Lipinski definition) is 1. The highest BCUT2D eigenvalue weighted by Crippen LogP contribution is 2.55. The fourth-order valence-corrected chi connectivity index (χ4v) is 5.14. The van der Waals surface area contributed by atoms with E-state index in [0.717, 1.165) is 18.6 Å². The first kappa shape index (κ1) is 24.1. The number of aromatic nitrogens is 5. The highest BCUT2D eigenvalue weighted by molar-refractivity contribution is 5.91. The molecule has 0 spiro atoms. The van der Waals surface area contributed by atoms with Crippen molar-refractivity contribution in [3.05, 3.63) is 47.4 Å². The lowest BCUT2D eigenvalue weighted by Crippen LogP contribution is -2.70. The van der Waals surface area contributed by atoms with Crippen LogP contribution in [-0.4, -0.2) is 42.2 Å². The number of halogens is 6. The maximum absolute atomic E-state index is 13.6. The van der Waals surface area contributed by atoms with Crippen LogP contribution < -0.4 is 5.32 Å². The fraction of sp³-hybridized carbons (Fsp3) is 0.476. The largest absolute Gasteiger partial charge is 0.436 e. The van der Waals surface area contributed by atoms with Crippen LogP contribution in [0.25, 0.3) is 5.69 Å². The van der Waals surface area contributed by atoms with Gasteiger partial charge in [-0.15, -0.1) is 15.3 Å². The van der Waals surface area contributed by atoms with Gasteiger partial charge in [-0.1, -0.05) is 6.92 Å². The van der Waals surface area contributed by atoms with Crippen molar-refractivity contribution in [3.63, 3.8) is 0 Å². The van der Waals surface area contributed by atoms with Crippen LogP contribution in [-0.2, 0) is 17.9 Å². The summed E-state index contributed by atoms with van der Waals surface area (Å²) in [7, 11) is 0. The SMILES string of the molecule is Cc1nnc([C@@]23C[C@@H](C)C[C@@H](C2)N3C(=O)Nc2ccc(C(F)(F)F)c(-n3ncc(C(F)(F)F)n3)c2)o1. The molecule has 1 aliphatic heterocycles. The van der Waals surface area contributed by atoms with Crippen molar-refractivity contribution in [1.29, 1.82) is 0 Å². The first-order valence-electron chi connectivity index (χ1n) is 10.9. The molecule has 0 unspecified atom stereocenters. The summed E-state index contributed by atoms with van der Waals surface area (Å²) in [5.41, 5.74) is -4.41. The van der Waals surface area contributed by atoms with Crippen LogP contribution in [0.2, 0.25) is 0 Å². The first-order chi connectivity index (χ1) is 16.8. The molecule has 1 aliphatic carbocycles. The van der Waals surface area contributed by atoms with Crippen LogP contribution in [0.5, 0.6) is 0 Å². The summed E-state index contributed by atoms with van der Waals surface area (Å²) < 4.78 is 85.2. The highest BCUT2D eigenvalue weighted by Gasteiger charge is 2.62. The van der Waals surface area contributed by atoms with Crippen LogP contribution >= 0.6 is 0 Å². The van der Waals surface area contributed by atoms with Gasteiger partial charge >= 0.3 is 18.4 Å². The lowest BCUT2D eigenvalue weighted by molar-refractivity contribution is -0.141. The molecule has 3 atom stereocenters. The summed E-state index contributed by atoms with van der Waals surface area (Å²) in [5.74, 6) is 0.886. The Morgan fingerprint density at radius 1 is 1.14 bits per heavy atom. The molecule has 2 aliphatic rings. The number of anilines is 1. The fourth-order valence-electron chi connectivity index (χ4n) is 5.14. The minimum Gasteiger partial charge on any atom is -0.423 e. The first-order valence-corrected chi connectivity index (χ1v) is 10.9. The zero-order valence-corrected chi connectivity index (χ0v) is 18.9. The van der Waals surface area contributed by atoms with Crippen molar-refractivity contribution >= 4 is 11.7 Å². The summed E-state index contributed by atoms with van der Waals surface area (Å²) in [6.45, 7) is 3.66. The number of piperidine rings is 1. The van der Waals surface area contributed by atoms with Crippen LogP contribution in [0.15, 0.2) is 28.8 Å². The Hall–Kier alpha value is -3.65. The molecule has 1 saturated carbocycles. The maximum Gasteiger partial charge on any atom is 0.436 e. The van der Waals surface area contributed by atoms with Crippen LogP contribution in [0.3, 0.4) is 0 Å². The molecule has 3 aromatic rings. The molecule has 1 aromatic carbocycles. The second-order valence-corrected chi connectivity index (χ2v) is 9.11. The van der Waals surface area contributed by atoms with Gasteiger partial charge in [0.05, 0.1) is 17.4 Å². The highest BCUT2D eigenvalue weighted by atomic mass is 19.4. The summed E-state index contributed by atoms with van der Waals surface area (Å²) in [6.07, 6.45) is -7.59. The van der Waals surface area contributed by atoms with Gasteiger partial charge in [-0.25, -0.2) is 4.79 Å². The van der Waals surface area contributed by atoms with Crippen molar-refractivity contribution < 1.29 is 35.6 Å². The predicted molar refractivity (Wildman–Crippen MR) is 110 cm³/mol. The molecule has 15 heteroatoms. The van der Waals surface area contributed by atoms with E-state index in [0.29, 0.717) is 31.0 Å². The molecule has 2 amide bonds. The number of fused-ring (bicyclic) bond motifs is 2. The van der Waals surface area contributed by atoms with E-state index in [1.54, 1.807) is 11.8 Å². The van der Waals surface area contributed by atoms with E-state index in [4.69, 9.17) is 4.42 Å². The summed E-state index contributed by atoms with van der Waals surface area (Å²) in [6, 6.07) is 1.79. The van der Waals surface area contributed by atoms with Gasteiger partial charge < -0.3 is 14.6 Å². The van der Waals surface area contributed by atoms with E-state index < -0.39 is 40.9 Å². The molecular weight excluding hydrogens is 496 g/mol. The number of urea groups is 1. The molecular formula is C21H19F6N7O2. The third-order valence-electron chi connectivity index (χ3n) is 6.46. The molecule has 1 N–H and O–H groups in total. The standard InChI is InChI=1S/C21H19F6N7O2/c1-10-5-13-8-19(7-10,17-31-30-11(2)36-17)33(13)18(35)29-12-3-4-14(20(22,23)24)15(6-12)34-28-9-16(32-34)21(25,26)27/h3-4,6,9-10,13H,5,7-8H2,1-2H3,(H,29,35)/t10-,13-,19+/m0/s1. The van der Waals surface area contributed by atoms with Crippen LogP contribution in [0.4, 0.5) is 36.8 Å². The number of carbonyl (C=O) groups excluding carboxylic acids is 1. The van der Waals surface area contributed by atoms with E-state index in [9.17, 15) is 31.1 Å². The van der Waals surface area contributed by atoms with Crippen LogP contribution in [0, 0.1) is 12.8 Å².